The number of halogens is 3. The molecule has 2 amide bonds. The quantitative estimate of drug-likeness (QED) is 0.566. The number of carbonyl (C=O) groups is 2. The van der Waals surface area contributed by atoms with Crippen LogP contribution in [0.5, 0.6) is 5.75 Å². The third kappa shape index (κ3) is 5.87. The van der Waals surface area contributed by atoms with Crippen LogP contribution in [0.3, 0.4) is 0 Å². The zero-order valence-electron chi connectivity index (χ0n) is 16.3. The lowest BCUT2D eigenvalue weighted by Crippen LogP contribution is -2.39. The number of para-hydroxylation sites is 1. The van der Waals surface area contributed by atoms with Crippen molar-refractivity contribution >= 4 is 17.5 Å². The molecular weight excluding hydrogens is 417 g/mol. The first-order chi connectivity index (χ1) is 14.8. The maximum Gasteiger partial charge on any atom is 0.415 e. The van der Waals surface area contributed by atoms with Crippen LogP contribution in [0.25, 0.3) is 0 Å². The fourth-order valence-electron chi connectivity index (χ4n) is 2.87. The molecule has 0 saturated carbocycles. The molecular formula is C20H19F3N4O4. The number of anilines is 1. The number of ether oxygens (including phenoxy) is 1. The van der Waals surface area contributed by atoms with Gasteiger partial charge in [-0.05, 0) is 18.2 Å². The van der Waals surface area contributed by atoms with E-state index in [0.717, 1.165) is 17.0 Å². The summed E-state index contributed by atoms with van der Waals surface area (Å²) < 4.78 is 50.7. The molecule has 31 heavy (non-hydrogen) atoms. The summed E-state index contributed by atoms with van der Waals surface area (Å²) in [6.07, 6.45) is -0.953. The summed E-state index contributed by atoms with van der Waals surface area (Å²) in [6, 6.07) is 7.20. The number of nitrogens with zero attached hydrogens (tertiary/aromatic N) is 2. The van der Waals surface area contributed by atoms with E-state index >= 15 is 0 Å². The van der Waals surface area contributed by atoms with Gasteiger partial charge < -0.3 is 19.8 Å². The molecule has 0 unspecified atom stereocenters. The first-order valence-corrected chi connectivity index (χ1v) is 9.10. The van der Waals surface area contributed by atoms with E-state index in [1.165, 1.54) is 25.6 Å². The number of benzene rings is 1. The number of rotatable bonds is 8. The van der Waals surface area contributed by atoms with Crippen molar-refractivity contribution in [1.82, 2.24) is 15.1 Å². The van der Waals surface area contributed by atoms with Gasteiger partial charge in [0.05, 0.1) is 31.7 Å². The number of hydrogen-bond donors (Lipinski definition) is 2. The fourth-order valence-corrected chi connectivity index (χ4v) is 2.87. The predicted octanol–water partition coefficient (Wildman–Crippen LogP) is 3.09. The molecule has 2 aromatic heterocycles. The Morgan fingerprint density at radius 1 is 1.19 bits per heavy atom. The molecule has 0 aliphatic carbocycles. The Labute approximate surface area is 175 Å². The minimum absolute atomic E-state index is 0.0477. The second kappa shape index (κ2) is 9.37. The van der Waals surface area contributed by atoms with Crippen molar-refractivity contribution in [2.75, 3.05) is 12.4 Å². The van der Waals surface area contributed by atoms with Gasteiger partial charge in [0.2, 0.25) is 11.8 Å². The molecule has 1 aromatic carbocycles. The Hall–Kier alpha value is -3.76. The maximum absolute atomic E-state index is 13.2. The molecule has 0 saturated heterocycles. The SMILES string of the molecule is COc1ccccc1CC(=O)Nc1cnn(CC(=O)N[C@@H](c2ccco2)C(F)(F)F)c1. The first kappa shape index (κ1) is 21.9. The van der Waals surface area contributed by atoms with Crippen LogP contribution in [0.2, 0.25) is 0 Å². The van der Waals surface area contributed by atoms with E-state index in [1.54, 1.807) is 24.3 Å². The van der Waals surface area contributed by atoms with Gasteiger partial charge in [-0.2, -0.15) is 18.3 Å². The Morgan fingerprint density at radius 3 is 2.65 bits per heavy atom. The van der Waals surface area contributed by atoms with Crippen molar-refractivity contribution in [1.29, 1.82) is 0 Å². The number of alkyl halides is 3. The smallest absolute Gasteiger partial charge is 0.415 e. The molecule has 1 atom stereocenters. The zero-order valence-corrected chi connectivity index (χ0v) is 16.3. The van der Waals surface area contributed by atoms with Gasteiger partial charge in [0.15, 0.2) is 6.04 Å². The highest BCUT2D eigenvalue weighted by Gasteiger charge is 2.43. The molecule has 0 aliphatic rings. The molecule has 0 bridgehead atoms. The Bertz CT molecular complexity index is 1030. The van der Waals surface area contributed by atoms with Crippen molar-refractivity contribution in [3.63, 3.8) is 0 Å². The van der Waals surface area contributed by atoms with E-state index in [0.29, 0.717) is 17.0 Å². The van der Waals surface area contributed by atoms with Crippen molar-refractivity contribution < 1.29 is 31.9 Å². The van der Waals surface area contributed by atoms with Crippen molar-refractivity contribution in [2.45, 2.75) is 25.2 Å². The number of nitrogens with one attached hydrogen (secondary N) is 2. The summed E-state index contributed by atoms with van der Waals surface area (Å²) in [5, 5.41) is 8.40. The minimum atomic E-state index is -4.73. The number of aromatic nitrogens is 2. The Kier molecular flexibility index (Phi) is 6.63. The molecule has 0 aliphatic heterocycles. The number of carbonyl (C=O) groups excluding carboxylic acids is 2. The van der Waals surface area contributed by atoms with Crippen LogP contribution in [0.4, 0.5) is 18.9 Å². The van der Waals surface area contributed by atoms with Gasteiger partial charge in [0.1, 0.15) is 18.1 Å². The number of furan rings is 1. The molecule has 2 N–H and O–H groups in total. The molecule has 0 fully saturated rings. The van der Waals surface area contributed by atoms with Gasteiger partial charge in [-0.3, -0.25) is 14.3 Å². The third-order valence-electron chi connectivity index (χ3n) is 4.23. The van der Waals surface area contributed by atoms with Gasteiger partial charge >= 0.3 is 6.18 Å². The number of methoxy groups -OCH3 is 1. The lowest BCUT2D eigenvalue weighted by Gasteiger charge is -2.19. The summed E-state index contributed by atoms with van der Waals surface area (Å²) in [6.45, 7) is -0.477. The average Bonchev–Trinajstić information content (AvgIpc) is 3.38. The summed E-state index contributed by atoms with van der Waals surface area (Å²) in [5.41, 5.74) is 0.983. The van der Waals surface area contributed by atoms with Crippen LogP contribution < -0.4 is 15.4 Å². The lowest BCUT2D eigenvalue weighted by atomic mass is 10.1. The second-order valence-corrected chi connectivity index (χ2v) is 6.52. The molecule has 3 rings (SSSR count). The average molecular weight is 436 g/mol. The van der Waals surface area contributed by atoms with E-state index in [1.807, 2.05) is 5.32 Å². The molecule has 0 spiro atoms. The first-order valence-electron chi connectivity index (χ1n) is 9.10. The van der Waals surface area contributed by atoms with Gasteiger partial charge in [-0.25, -0.2) is 0 Å². The monoisotopic (exact) mass is 436 g/mol. The highest BCUT2D eigenvalue weighted by Crippen LogP contribution is 2.32. The van der Waals surface area contributed by atoms with E-state index in [4.69, 9.17) is 9.15 Å². The molecule has 0 radical (unpaired) electrons. The van der Waals surface area contributed by atoms with Crippen LogP contribution in [-0.4, -0.2) is 34.9 Å². The topological polar surface area (TPSA) is 98.4 Å². The largest absolute Gasteiger partial charge is 0.496 e. The zero-order chi connectivity index (χ0) is 22.4. The number of amides is 2. The van der Waals surface area contributed by atoms with E-state index < -0.39 is 30.4 Å². The third-order valence-corrected chi connectivity index (χ3v) is 4.23. The van der Waals surface area contributed by atoms with Crippen molar-refractivity contribution in [3.8, 4) is 5.75 Å². The lowest BCUT2D eigenvalue weighted by molar-refractivity contribution is -0.167. The second-order valence-electron chi connectivity index (χ2n) is 6.52. The van der Waals surface area contributed by atoms with Gasteiger partial charge in [0, 0.05) is 11.8 Å². The molecule has 2 heterocycles. The van der Waals surface area contributed by atoms with E-state index in [-0.39, 0.29) is 12.3 Å². The fraction of sp³-hybridized carbons (Fsp3) is 0.250. The summed E-state index contributed by atoms with van der Waals surface area (Å²) in [7, 11) is 1.50. The maximum atomic E-state index is 13.2. The predicted molar refractivity (Wildman–Crippen MR) is 103 cm³/mol. The summed E-state index contributed by atoms with van der Waals surface area (Å²) in [4.78, 5) is 24.3. The van der Waals surface area contributed by atoms with Crippen molar-refractivity contribution in [3.05, 3.63) is 66.4 Å². The Balaban J connectivity index is 1.58. The van der Waals surface area contributed by atoms with Gasteiger partial charge in [-0.15, -0.1) is 0 Å². The van der Waals surface area contributed by atoms with Crippen molar-refractivity contribution in [2.24, 2.45) is 0 Å². The van der Waals surface area contributed by atoms with Gasteiger partial charge in [0.25, 0.3) is 0 Å². The normalized spacial score (nSPS) is 12.3. The van der Waals surface area contributed by atoms with Crippen LogP contribution in [0, 0.1) is 0 Å². The van der Waals surface area contributed by atoms with Crippen LogP contribution in [0.15, 0.2) is 59.5 Å². The highest BCUT2D eigenvalue weighted by atomic mass is 19.4. The summed E-state index contributed by atoms with van der Waals surface area (Å²) >= 11 is 0. The number of hydrogen-bond acceptors (Lipinski definition) is 5. The standard InChI is InChI=1S/C20H19F3N4O4/c1-30-15-6-3-2-5-13(15)9-17(28)25-14-10-24-27(11-14)12-18(29)26-19(20(21,22)23)16-7-4-8-31-16/h2-8,10-11,19H,9,12H2,1H3,(H,25,28)(H,26,29)/t19-/m0/s1. The minimum Gasteiger partial charge on any atom is -0.496 e. The van der Waals surface area contributed by atoms with Crippen LogP contribution >= 0.6 is 0 Å². The molecule has 3 aromatic rings. The van der Waals surface area contributed by atoms with Gasteiger partial charge in [-0.1, -0.05) is 18.2 Å². The van der Waals surface area contributed by atoms with Crippen LogP contribution in [-0.2, 0) is 22.6 Å². The Morgan fingerprint density at radius 2 is 1.97 bits per heavy atom. The summed E-state index contributed by atoms with van der Waals surface area (Å²) in [5.74, 6) is -1.12. The molecule has 11 heteroatoms. The van der Waals surface area contributed by atoms with E-state index in [9.17, 15) is 22.8 Å². The molecule has 164 valence electrons. The molecule has 8 nitrogen and oxygen atoms in total. The van der Waals surface area contributed by atoms with Crippen LogP contribution in [0.1, 0.15) is 17.4 Å². The highest BCUT2D eigenvalue weighted by molar-refractivity contribution is 5.92. The van der Waals surface area contributed by atoms with E-state index in [2.05, 4.69) is 10.4 Å².